The zero-order valence-electron chi connectivity index (χ0n) is 12.7. The standard InChI is InChI=1S/C16H28OSi/c1-6-7-8-9-10-11-14-12-15(17)13(2)16(14)18(3,4)5/h11H,6-10,12H2,1-5H3/b14-11+. The first-order chi connectivity index (χ1) is 8.38. The van der Waals surface area contributed by atoms with Gasteiger partial charge in [0.05, 0.1) is 8.07 Å². The quantitative estimate of drug-likeness (QED) is 0.484. The third-order valence-corrected chi connectivity index (χ3v) is 5.86. The minimum Gasteiger partial charge on any atom is -0.294 e. The molecule has 0 saturated heterocycles. The highest BCUT2D eigenvalue weighted by molar-refractivity contribution is 6.84. The van der Waals surface area contributed by atoms with Crippen LogP contribution in [0, 0.1) is 0 Å². The summed E-state index contributed by atoms with van der Waals surface area (Å²) in [6, 6.07) is 0. The van der Waals surface area contributed by atoms with Crippen molar-refractivity contribution >= 4 is 13.9 Å². The zero-order chi connectivity index (χ0) is 13.8. The van der Waals surface area contributed by atoms with Crippen LogP contribution in [0.15, 0.2) is 22.4 Å². The maximum atomic E-state index is 11.9. The van der Waals surface area contributed by atoms with Crippen LogP contribution in [0.4, 0.5) is 0 Å². The first-order valence-electron chi connectivity index (χ1n) is 7.32. The molecule has 1 nitrogen and oxygen atoms in total. The predicted octanol–water partition coefficient (Wildman–Crippen LogP) is 5.05. The molecule has 0 unspecified atom stereocenters. The Hall–Kier alpha value is -0.633. The summed E-state index contributed by atoms with van der Waals surface area (Å²) in [6.45, 7) is 11.3. The second-order valence-electron chi connectivity index (χ2n) is 6.43. The fourth-order valence-electron chi connectivity index (χ4n) is 2.84. The molecule has 0 aromatic rings. The van der Waals surface area contributed by atoms with Crippen LogP contribution < -0.4 is 0 Å². The molecule has 2 heteroatoms. The van der Waals surface area contributed by atoms with Gasteiger partial charge in [-0.2, -0.15) is 0 Å². The van der Waals surface area contributed by atoms with Crippen molar-refractivity contribution in [3.05, 3.63) is 22.4 Å². The lowest BCUT2D eigenvalue weighted by atomic mass is 10.1. The van der Waals surface area contributed by atoms with Crippen molar-refractivity contribution in [1.82, 2.24) is 0 Å². The number of allylic oxidation sites excluding steroid dienone is 4. The van der Waals surface area contributed by atoms with Crippen molar-refractivity contribution in [1.29, 1.82) is 0 Å². The molecule has 0 saturated carbocycles. The molecular formula is C16H28OSi. The monoisotopic (exact) mass is 264 g/mol. The van der Waals surface area contributed by atoms with E-state index >= 15 is 0 Å². The molecule has 0 atom stereocenters. The largest absolute Gasteiger partial charge is 0.294 e. The number of rotatable bonds is 6. The smallest absolute Gasteiger partial charge is 0.162 e. The topological polar surface area (TPSA) is 17.1 Å². The first-order valence-corrected chi connectivity index (χ1v) is 10.8. The van der Waals surface area contributed by atoms with Gasteiger partial charge in [0.15, 0.2) is 5.78 Å². The van der Waals surface area contributed by atoms with Crippen molar-refractivity contribution in [2.45, 2.75) is 72.0 Å². The van der Waals surface area contributed by atoms with E-state index in [-0.39, 0.29) is 0 Å². The van der Waals surface area contributed by atoms with Gasteiger partial charge in [0.2, 0.25) is 0 Å². The molecule has 102 valence electrons. The van der Waals surface area contributed by atoms with E-state index in [0.29, 0.717) is 12.2 Å². The lowest BCUT2D eigenvalue weighted by molar-refractivity contribution is -0.114. The van der Waals surface area contributed by atoms with Crippen LogP contribution in [0.1, 0.15) is 52.4 Å². The molecule has 0 aliphatic heterocycles. The average Bonchev–Trinajstić information content (AvgIpc) is 2.54. The minimum atomic E-state index is -1.38. The van der Waals surface area contributed by atoms with Gasteiger partial charge in [-0.1, -0.05) is 57.1 Å². The number of unbranched alkanes of at least 4 members (excludes halogenated alkanes) is 4. The molecule has 0 spiro atoms. The van der Waals surface area contributed by atoms with E-state index in [4.69, 9.17) is 0 Å². The van der Waals surface area contributed by atoms with Gasteiger partial charge in [0.1, 0.15) is 0 Å². The number of carbonyl (C=O) groups excluding carboxylic acids is 1. The van der Waals surface area contributed by atoms with Crippen LogP contribution in [0.25, 0.3) is 0 Å². The maximum absolute atomic E-state index is 11.9. The summed E-state index contributed by atoms with van der Waals surface area (Å²) in [7, 11) is -1.38. The van der Waals surface area contributed by atoms with Crippen molar-refractivity contribution in [2.75, 3.05) is 0 Å². The van der Waals surface area contributed by atoms with Gasteiger partial charge in [0, 0.05) is 6.42 Å². The second-order valence-corrected chi connectivity index (χ2v) is 11.4. The lowest BCUT2D eigenvalue weighted by Gasteiger charge is -2.20. The molecule has 0 amide bonds. The molecule has 0 fully saturated rings. The van der Waals surface area contributed by atoms with Crippen LogP contribution in [0.3, 0.4) is 0 Å². The Balaban J connectivity index is 2.72. The molecule has 0 N–H and O–H groups in total. The van der Waals surface area contributed by atoms with Crippen LogP contribution in [0.2, 0.25) is 19.6 Å². The predicted molar refractivity (Wildman–Crippen MR) is 82.5 cm³/mol. The second kappa shape index (κ2) is 6.51. The van der Waals surface area contributed by atoms with E-state index in [0.717, 1.165) is 12.0 Å². The summed E-state index contributed by atoms with van der Waals surface area (Å²) in [6.07, 6.45) is 9.36. The summed E-state index contributed by atoms with van der Waals surface area (Å²) >= 11 is 0. The summed E-state index contributed by atoms with van der Waals surface area (Å²) in [4.78, 5) is 11.9. The molecule has 0 aromatic carbocycles. The van der Waals surface area contributed by atoms with Crippen molar-refractivity contribution in [2.24, 2.45) is 0 Å². The van der Waals surface area contributed by atoms with Crippen LogP contribution in [-0.2, 0) is 4.79 Å². The Labute approximate surface area is 113 Å². The van der Waals surface area contributed by atoms with E-state index in [9.17, 15) is 4.79 Å². The Kier molecular flexibility index (Phi) is 5.58. The highest BCUT2D eigenvalue weighted by atomic mass is 28.3. The summed E-state index contributed by atoms with van der Waals surface area (Å²) in [5.41, 5.74) is 2.40. The number of ketones is 1. The van der Waals surface area contributed by atoms with Crippen molar-refractivity contribution in [3.8, 4) is 0 Å². The molecule has 1 aliphatic rings. The Morgan fingerprint density at radius 1 is 1.17 bits per heavy atom. The molecule has 1 rings (SSSR count). The van der Waals surface area contributed by atoms with E-state index in [1.54, 1.807) is 0 Å². The van der Waals surface area contributed by atoms with Crippen LogP contribution >= 0.6 is 0 Å². The maximum Gasteiger partial charge on any atom is 0.162 e. The molecular weight excluding hydrogens is 236 g/mol. The Bertz CT molecular complexity index is 369. The molecule has 0 aromatic heterocycles. The molecule has 18 heavy (non-hydrogen) atoms. The number of carbonyl (C=O) groups is 1. The fraction of sp³-hybridized carbons (Fsp3) is 0.688. The Morgan fingerprint density at radius 3 is 2.39 bits per heavy atom. The van der Waals surface area contributed by atoms with E-state index in [1.807, 2.05) is 6.92 Å². The van der Waals surface area contributed by atoms with Gasteiger partial charge >= 0.3 is 0 Å². The molecule has 0 bridgehead atoms. The van der Waals surface area contributed by atoms with Crippen LogP contribution in [-0.4, -0.2) is 13.9 Å². The third-order valence-electron chi connectivity index (χ3n) is 3.66. The third kappa shape index (κ3) is 3.94. The zero-order valence-corrected chi connectivity index (χ0v) is 13.7. The van der Waals surface area contributed by atoms with Crippen LogP contribution in [0.5, 0.6) is 0 Å². The van der Waals surface area contributed by atoms with Crippen molar-refractivity contribution in [3.63, 3.8) is 0 Å². The van der Waals surface area contributed by atoms with Gasteiger partial charge in [-0.3, -0.25) is 4.79 Å². The van der Waals surface area contributed by atoms with E-state index in [2.05, 4.69) is 32.6 Å². The van der Waals surface area contributed by atoms with Crippen molar-refractivity contribution < 1.29 is 4.79 Å². The van der Waals surface area contributed by atoms with E-state index in [1.165, 1.54) is 36.5 Å². The van der Waals surface area contributed by atoms with Gasteiger partial charge in [-0.05, 0) is 30.9 Å². The SMILES string of the molecule is CCCCCC/C=C1\CC(=O)C(C)=C1[Si](C)(C)C. The normalized spacial score (nSPS) is 19.2. The minimum absolute atomic E-state index is 0.354. The lowest BCUT2D eigenvalue weighted by Crippen LogP contribution is -2.24. The van der Waals surface area contributed by atoms with Gasteiger partial charge in [-0.15, -0.1) is 0 Å². The highest BCUT2D eigenvalue weighted by Gasteiger charge is 2.32. The molecule has 0 radical (unpaired) electrons. The summed E-state index contributed by atoms with van der Waals surface area (Å²) in [5, 5.41) is 1.43. The average molecular weight is 264 g/mol. The summed E-state index contributed by atoms with van der Waals surface area (Å²) < 4.78 is 0. The number of hydrogen-bond donors (Lipinski definition) is 0. The first kappa shape index (κ1) is 15.4. The van der Waals surface area contributed by atoms with E-state index < -0.39 is 8.07 Å². The molecule has 0 heterocycles. The fourth-order valence-corrected chi connectivity index (χ4v) is 5.26. The summed E-state index contributed by atoms with van der Waals surface area (Å²) in [5.74, 6) is 0.354. The number of Topliss-reactive ketones (excluding diaryl/α,β-unsaturated/α-hetero) is 1. The Morgan fingerprint density at radius 2 is 1.83 bits per heavy atom. The highest BCUT2D eigenvalue weighted by Crippen LogP contribution is 2.35. The number of hydrogen-bond acceptors (Lipinski definition) is 1. The van der Waals surface area contributed by atoms with Gasteiger partial charge < -0.3 is 0 Å². The van der Waals surface area contributed by atoms with Gasteiger partial charge in [0.25, 0.3) is 0 Å². The molecule has 1 aliphatic carbocycles. The van der Waals surface area contributed by atoms with Gasteiger partial charge in [-0.25, -0.2) is 0 Å².